The van der Waals surface area contributed by atoms with Gasteiger partial charge in [0.1, 0.15) is 11.2 Å². The molecular weight excluding hydrogens is 328 g/mol. The smallest absolute Gasteiger partial charge is 0.410 e. The zero-order valence-electron chi connectivity index (χ0n) is 16.0. The Balaban J connectivity index is 2.64. The van der Waals surface area contributed by atoms with Crippen LogP contribution in [0.15, 0.2) is 0 Å². The van der Waals surface area contributed by atoms with Crippen molar-refractivity contribution in [3.8, 4) is 0 Å². The van der Waals surface area contributed by atoms with Crippen LogP contribution >= 0.6 is 0 Å². The fourth-order valence-corrected chi connectivity index (χ4v) is 2.47. The molecule has 1 heterocycles. The Hall–Kier alpha value is -1.99. The molecular formula is C17H30N2O6. The van der Waals surface area contributed by atoms with Gasteiger partial charge in [0.25, 0.3) is 0 Å². The second-order valence-corrected chi connectivity index (χ2v) is 8.41. The molecule has 0 saturated carbocycles. The molecule has 25 heavy (non-hydrogen) atoms. The van der Waals surface area contributed by atoms with Gasteiger partial charge in [-0.1, -0.05) is 0 Å². The number of hydrogen-bond acceptors (Lipinski definition) is 5. The number of aliphatic carboxylic acids is 1. The molecule has 2 amide bonds. The van der Waals surface area contributed by atoms with E-state index in [2.05, 4.69) is 5.32 Å². The number of carbonyl (C=O) groups is 3. The number of amides is 2. The largest absolute Gasteiger partial charge is 0.481 e. The number of piperidine rings is 1. The summed E-state index contributed by atoms with van der Waals surface area (Å²) >= 11 is 0. The van der Waals surface area contributed by atoms with Crippen molar-refractivity contribution in [3.05, 3.63) is 0 Å². The molecule has 144 valence electrons. The predicted octanol–water partition coefficient (Wildman–Crippen LogP) is 2.61. The monoisotopic (exact) mass is 358 g/mol. The van der Waals surface area contributed by atoms with E-state index in [4.69, 9.17) is 9.47 Å². The van der Waals surface area contributed by atoms with E-state index in [0.717, 1.165) is 0 Å². The van der Waals surface area contributed by atoms with Crippen molar-refractivity contribution >= 4 is 18.2 Å². The van der Waals surface area contributed by atoms with E-state index in [1.54, 1.807) is 41.5 Å². The minimum absolute atomic E-state index is 0.0423. The summed E-state index contributed by atoms with van der Waals surface area (Å²) in [4.78, 5) is 37.1. The number of ether oxygens (including phenoxy) is 2. The fraction of sp³-hybridized carbons (Fsp3) is 0.824. The van der Waals surface area contributed by atoms with E-state index in [-0.39, 0.29) is 32.5 Å². The number of carboxylic acid groups (broad SMARTS) is 1. The van der Waals surface area contributed by atoms with Crippen LogP contribution in [0.4, 0.5) is 9.59 Å². The van der Waals surface area contributed by atoms with Crippen molar-refractivity contribution in [2.24, 2.45) is 5.41 Å². The summed E-state index contributed by atoms with van der Waals surface area (Å²) < 4.78 is 10.4. The third-order valence-electron chi connectivity index (χ3n) is 3.80. The van der Waals surface area contributed by atoms with Gasteiger partial charge in [-0.2, -0.15) is 0 Å². The van der Waals surface area contributed by atoms with Crippen LogP contribution in [0.1, 0.15) is 54.4 Å². The maximum atomic E-state index is 12.1. The highest BCUT2D eigenvalue weighted by molar-refractivity contribution is 5.77. The van der Waals surface area contributed by atoms with Crippen molar-refractivity contribution < 1.29 is 29.0 Å². The standard InChI is InChI=1S/C17H30N2O6/c1-15(2,3)24-13(22)18-11-17(12(20)21)7-9-19(10-8-17)14(23)25-16(4,5)6/h7-11H2,1-6H3,(H,18,22)(H,20,21). The normalized spacial score (nSPS) is 17.6. The molecule has 8 nitrogen and oxygen atoms in total. The molecule has 1 aliphatic heterocycles. The summed E-state index contributed by atoms with van der Waals surface area (Å²) in [6, 6.07) is 0. The van der Waals surface area contributed by atoms with Crippen LogP contribution in [-0.4, -0.2) is 59.0 Å². The quantitative estimate of drug-likeness (QED) is 0.803. The Morgan fingerprint density at radius 2 is 1.48 bits per heavy atom. The first kappa shape index (κ1) is 21.1. The molecule has 0 atom stereocenters. The molecule has 1 saturated heterocycles. The van der Waals surface area contributed by atoms with E-state index in [1.165, 1.54) is 4.90 Å². The van der Waals surface area contributed by atoms with Crippen LogP contribution in [0.3, 0.4) is 0 Å². The van der Waals surface area contributed by atoms with Gasteiger partial charge in [-0.05, 0) is 54.4 Å². The summed E-state index contributed by atoms with van der Waals surface area (Å²) in [5, 5.41) is 12.2. The molecule has 0 radical (unpaired) electrons. The number of hydrogen-bond donors (Lipinski definition) is 2. The Morgan fingerprint density at radius 1 is 1.00 bits per heavy atom. The number of carbonyl (C=O) groups excluding carboxylic acids is 2. The zero-order chi connectivity index (χ0) is 19.5. The number of nitrogens with one attached hydrogen (secondary N) is 1. The van der Waals surface area contributed by atoms with E-state index < -0.39 is 34.8 Å². The lowest BCUT2D eigenvalue weighted by Gasteiger charge is -2.39. The SMILES string of the molecule is CC(C)(C)OC(=O)NCC1(C(=O)O)CCN(C(=O)OC(C)(C)C)CC1. The lowest BCUT2D eigenvalue weighted by molar-refractivity contribution is -0.151. The average molecular weight is 358 g/mol. The highest BCUT2D eigenvalue weighted by atomic mass is 16.6. The molecule has 0 bridgehead atoms. The highest BCUT2D eigenvalue weighted by Crippen LogP contribution is 2.32. The molecule has 1 rings (SSSR count). The van der Waals surface area contributed by atoms with Crippen LogP contribution < -0.4 is 5.32 Å². The number of likely N-dealkylation sites (tertiary alicyclic amines) is 1. The van der Waals surface area contributed by atoms with Crippen LogP contribution in [-0.2, 0) is 14.3 Å². The van der Waals surface area contributed by atoms with Crippen LogP contribution in [0.5, 0.6) is 0 Å². The van der Waals surface area contributed by atoms with E-state index >= 15 is 0 Å². The van der Waals surface area contributed by atoms with Gasteiger partial charge in [0.15, 0.2) is 0 Å². The van der Waals surface area contributed by atoms with Crippen LogP contribution in [0.2, 0.25) is 0 Å². The molecule has 2 N–H and O–H groups in total. The van der Waals surface area contributed by atoms with E-state index in [1.807, 2.05) is 0 Å². The topological polar surface area (TPSA) is 105 Å². The Kier molecular flexibility index (Phi) is 6.31. The minimum atomic E-state index is -1.12. The number of carboxylic acids is 1. The van der Waals surface area contributed by atoms with Crippen molar-refractivity contribution in [1.29, 1.82) is 0 Å². The maximum Gasteiger partial charge on any atom is 0.410 e. The molecule has 8 heteroatoms. The van der Waals surface area contributed by atoms with Gasteiger partial charge < -0.3 is 24.8 Å². The molecule has 0 aromatic heterocycles. The zero-order valence-corrected chi connectivity index (χ0v) is 16.0. The third-order valence-corrected chi connectivity index (χ3v) is 3.80. The van der Waals surface area contributed by atoms with Gasteiger partial charge in [-0.15, -0.1) is 0 Å². The number of nitrogens with zero attached hydrogens (tertiary/aromatic N) is 1. The molecule has 1 aliphatic rings. The first-order valence-corrected chi connectivity index (χ1v) is 8.42. The molecule has 0 aliphatic carbocycles. The van der Waals surface area contributed by atoms with E-state index in [9.17, 15) is 19.5 Å². The first-order chi connectivity index (χ1) is 11.2. The second kappa shape index (κ2) is 7.49. The first-order valence-electron chi connectivity index (χ1n) is 8.42. The molecule has 1 fully saturated rings. The fourth-order valence-electron chi connectivity index (χ4n) is 2.47. The van der Waals surface area contributed by atoms with Crippen LogP contribution in [0, 0.1) is 5.41 Å². The maximum absolute atomic E-state index is 12.1. The molecule has 0 unspecified atom stereocenters. The summed E-state index contributed by atoms with van der Waals surface area (Å²) in [5.74, 6) is -0.993. The molecule has 0 aromatic carbocycles. The number of alkyl carbamates (subject to hydrolysis) is 1. The molecule has 0 spiro atoms. The van der Waals surface area contributed by atoms with Gasteiger partial charge >= 0.3 is 18.2 Å². The van der Waals surface area contributed by atoms with Crippen molar-refractivity contribution in [1.82, 2.24) is 10.2 Å². The predicted molar refractivity (Wildman–Crippen MR) is 91.3 cm³/mol. The van der Waals surface area contributed by atoms with Crippen LogP contribution in [0.25, 0.3) is 0 Å². The van der Waals surface area contributed by atoms with Gasteiger partial charge in [-0.25, -0.2) is 9.59 Å². The summed E-state index contributed by atoms with van der Waals surface area (Å²) in [6.45, 7) is 11.0. The number of rotatable bonds is 3. The van der Waals surface area contributed by atoms with Crippen molar-refractivity contribution in [2.75, 3.05) is 19.6 Å². The van der Waals surface area contributed by atoms with Gasteiger partial charge in [0.2, 0.25) is 0 Å². The summed E-state index contributed by atoms with van der Waals surface area (Å²) in [7, 11) is 0. The van der Waals surface area contributed by atoms with Crippen molar-refractivity contribution in [3.63, 3.8) is 0 Å². The Morgan fingerprint density at radius 3 is 1.88 bits per heavy atom. The van der Waals surface area contributed by atoms with Gasteiger partial charge in [-0.3, -0.25) is 4.79 Å². The van der Waals surface area contributed by atoms with Gasteiger partial charge in [0, 0.05) is 19.6 Å². The lowest BCUT2D eigenvalue weighted by atomic mass is 9.78. The molecule has 0 aromatic rings. The lowest BCUT2D eigenvalue weighted by Crippen LogP contribution is -2.52. The summed E-state index contributed by atoms with van der Waals surface area (Å²) in [5.41, 5.74) is -2.37. The van der Waals surface area contributed by atoms with Crippen molar-refractivity contribution in [2.45, 2.75) is 65.6 Å². The second-order valence-electron chi connectivity index (χ2n) is 8.41. The third kappa shape index (κ3) is 6.80. The Labute approximate surface area is 148 Å². The van der Waals surface area contributed by atoms with Gasteiger partial charge in [0.05, 0.1) is 5.41 Å². The summed E-state index contributed by atoms with van der Waals surface area (Å²) in [6.07, 6.45) is -0.635. The Bertz CT molecular complexity index is 510. The minimum Gasteiger partial charge on any atom is -0.481 e. The van der Waals surface area contributed by atoms with E-state index in [0.29, 0.717) is 0 Å². The average Bonchev–Trinajstić information content (AvgIpc) is 2.41. The highest BCUT2D eigenvalue weighted by Gasteiger charge is 2.43.